The molecule has 0 aliphatic rings. The van der Waals surface area contributed by atoms with Crippen LogP contribution in [0.2, 0.25) is 5.28 Å². The molecule has 3 nitrogen and oxygen atoms in total. The van der Waals surface area contributed by atoms with E-state index < -0.39 is 0 Å². The average Bonchev–Trinajstić information content (AvgIpc) is 2.72. The van der Waals surface area contributed by atoms with Crippen molar-refractivity contribution in [3.05, 3.63) is 46.1 Å². The summed E-state index contributed by atoms with van der Waals surface area (Å²) in [5.74, 6) is 0.758. The lowest BCUT2D eigenvalue weighted by Gasteiger charge is -2.09. The molecule has 3 aromatic rings. The second-order valence-electron chi connectivity index (χ2n) is 4.36. The number of benzene rings is 1. The summed E-state index contributed by atoms with van der Waals surface area (Å²) in [5.41, 5.74) is 2.19. The van der Waals surface area contributed by atoms with Crippen LogP contribution in [0.25, 0.3) is 10.2 Å². The van der Waals surface area contributed by atoms with Crippen LogP contribution in [0.15, 0.2) is 30.3 Å². The number of anilines is 2. The van der Waals surface area contributed by atoms with Gasteiger partial charge in [0, 0.05) is 10.6 Å². The van der Waals surface area contributed by atoms with Gasteiger partial charge in [0.25, 0.3) is 0 Å². The van der Waals surface area contributed by atoms with E-state index in [0.717, 1.165) is 27.3 Å². The maximum absolute atomic E-state index is 5.98. The minimum atomic E-state index is 0.269. The fourth-order valence-electron chi connectivity index (χ4n) is 1.95. The zero-order valence-electron chi connectivity index (χ0n) is 10.6. The zero-order chi connectivity index (χ0) is 13.4. The van der Waals surface area contributed by atoms with Crippen molar-refractivity contribution in [3.8, 4) is 0 Å². The Hall–Kier alpha value is -1.65. The molecule has 0 saturated heterocycles. The molecule has 5 heteroatoms. The molecule has 1 aromatic carbocycles. The van der Waals surface area contributed by atoms with Crippen LogP contribution in [-0.2, 0) is 0 Å². The van der Waals surface area contributed by atoms with Crippen LogP contribution in [0.3, 0.4) is 0 Å². The third-order valence-electron chi connectivity index (χ3n) is 2.89. The van der Waals surface area contributed by atoms with Gasteiger partial charge in [-0.3, -0.25) is 0 Å². The third-order valence-corrected chi connectivity index (χ3v) is 4.00. The lowest BCUT2D eigenvalue weighted by molar-refractivity contribution is 1.23. The number of fused-ring (bicyclic) bond motifs is 1. The third kappa shape index (κ3) is 2.41. The van der Waals surface area contributed by atoms with E-state index >= 15 is 0 Å². The molecule has 0 aliphatic heterocycles. The summed E-state index contributed by atoms with van der Waals surface area (Å²) >= 11 is 7.60. The summed E-state index contributed by atoms with van der Waals surface area (Å²) in [6, 6.07) is 10.2. The number of nitrogens with one attached hydrogen (secondary N) is 1. The highest BCUT2D eigenvalue weighted by Gasteiger charge is 2.10. The number of hydrogen-bond acceptors (Lipinski definition) is 4. The Balaban J connectivity index is 2.12. The van der Waals surface area contributed by atoms with Crippen LogP contribution in [0, 0.1) is 13.8 Å². The SMILES string of the molecule is Cc1cc2c(Nc3ccccc3C)nc(Cl)nc2s1. The molecule has 0 saturated carbocycles. The molecule has 0 unspecified atom stereocenters. The van der Waals surface area contributed by atoms with Gasteiger partial charge in [0.2, 0.25) is 5.28 Å². The second-order valence-corrected chi connectivity index (χ2v) is 5.93. The first kappa shape index (κ1) is 12.4. The monoisotopic (exact) mass is 289 g/mol. The first-order valence-electron chi connectivity index (χ1n) is 5.90. The van der Waals surface area contributed by atoms with Crippen LogP contribution in [0.1, 0.15) is 10.4 Å². The fourth-order valence-corrected chi connectivity index (χ4v) is 3.05. The van der Waals surface area contributed by atoms with Gasteiger partial charge in [-0.05, 0) is 43.1 Å². The van der Waals surface area contributed by atoms with E-state index in [1.807, 2.05) is 18.2 Å². The second kappa shape index (κ2) is 4.79. The zero-order valence-corrected chi connectivity index (χ0v) is 12.1. The van der Waals surface area contributed by atoms with Crippen LogP contribution in [-0.4, -0.2) is 9.97 Å². The molecule has 0 atom stereocenters. The predicted octanol–water partition coefficient (Wildman–Crippen LogP) is 4.71. The van der Waals surface area contributed by atoms with Crippen LogP contribution >= 0.6 is 22.9 Å². The molecule has 0 bridgehead atoms. The van der Waals surface area contributed by atoms with Crippen molar-refractivity contribution < 1.29 is 0 Å². The normalized spacial score (nSPS) is 10.9. The Morgan fingerprint density at radius 2 is 1.95 bits per heavy atom. The van der Waals surface area contributed by atoms with E-state index in [4.69, 9.17) is 11.6 Å². The van der Waals surface area contributed by atoms with E-state index in [1.54, 1.807) is 11.3 Å². The van der Waals surface area contributed by atoms with Gasteiger partial charge in [-0.15, -0.1) is 11.3 Å². The maximum atomic E-state index is 5.98. The largest absolute Gasteiger partial charge is 0.339 e. The van der Waals surface area contributed by atoms with Gasteiger partial charge in [0.15, 0.2) is 0 Å². The van der Waals surface area contributed by atoms with Gasteiger partial charge in [-0.2, -0.15) is 4.98 Å². The fraction of sp³-hybridized carbons (Fsp3) is 0.143. The summed E-state index contributed by atoms with van der Waals surface area (Å²) < 4.78 is 0. The number of aromatic nitrogens is 2. The van der Waals surface area contributed by atoms with Gasteiger partial charge in [0.1, 0.15) is 10.6 Å². The summed E-state index contributed by atoms with van der Waals surface area (Å²) in [4.78, 5) is 10.7. The Labute approximate surface area is 120 Å². The molecule has 0 spiro atoms. The Kier molecular flexibility index (Phi) is 3.12. The topological polar surface area (TPSA) is 37.8 Å². The summed E-state index contributed by atoms with van der Waals surface area (Å²) in [6.45, 7) is 4.11. The number of rotatable bonds is 2. The number of nitrogens with zero attached hydrogens (tertiary/aromatic N) is 2. The van der Waals surface area contributed by atoms with Crippen LogP contribution in [0.4, 0.5) is 11.5 Å². The van der Waals surface area contributed by atoms with Gasteiger partial charge < -0.3 is 5.32 Å². The predicted molar refractivity (Wildman–Crippen MR) is 81.6 cm³/mol. The minimum Gasteiger partial charge on any atom is -0.339 e. The Bertz CT molecular complexity index is 752. The maximum Gasteiger partial charge on any atom is 0.225 e. The molecule has 3 rings (SSSR count). The Morgan fingerprint density at radius 3 is 2.74 bits per heavy atom. The average molecular weight is 290 g/mol. The molecular weight excluding hydrogens is 278 g/mol. The van der Waals surface area contributed by atoms with Gasteiger partial charge in [-0.25, -0.2) is 4.98 Å². The van der Waals surface area contributed by atoms with Gasteiger partial charge in [0.05, 0.1) is 5.39 Å². The van der Waals surface area contributed by atoms with Gasteiger partial charge in [-0.1, -0.05) is 18.2 Å². The number of halogens is 1. The number of thiophene rings is 1. The minimum absolute atomic E-state index is 0.269. The molecule has 96 valence electrons. The highest BCUT2D eigenvalue weighted by atomic mass is 35.5. The summed E-state index contributed by atoms with van der Waals surface area (Å²) in [5, 5.41) is 4.62. The lowest BCUT2D eigenvalue weighted by Crippen LogP contribution is -1.97. The molecule has 19 heavy (non-hydrogen) atoms. The number of hydrogen-bond donors (Lipinski definition) is 1. The van der Waals surface area contributed by atoms with E-state index in [-0.39, 0.29) is 5.28 Å². The number of para-hydroxylation sites is 1. The first-order valence-corrected chi connectivity index (χ1v) is 7.09. The molecule has 0 radical (unpaired) electrons. The van der Waals surface area contributed by atoms with Crippen molar-refractivity contribution in [3.63, 3.8) is 0 Å². The molecular formula is C14H12ClN3S. The van der Waals surface area contributed by atoms with Crippen molar-refractivity contribution in [2.45, 2.75) is 13.8 Å². The Morgan fingerprint density at radius 1 is 1.16 bits per heavy atom. The molecule has 2 heterocycles. The summed E-state index contributed by atoms with van der Waals surface area (Å²) in [7, 11) is 0. The standard InChI is InChI=1S/C14H12ClN3S/c1-8-5-3-4-6-11(8)16-12-10-7-9(2)19-13(10)18-14(15)17-12/h3-7H,1-2H3,(H,16,17,18). The van der Waals surface area contributed by atoms with E-state index in [1.165, 1.54) is 4.88 Å². The van der Waals surface area contributed by atoms with Crippen molar-refractivity contribution in [1.82, 2.24) is 9.97 Å². The summed E-state index contributed by atoms with van der Waals surface area (Å²) in [6.07, 6.45) is 0. The first-order chi connectivity index (χ1) is 9.13. The van der Waals surface area contributed by atoms with Crippen molar-refractivity contribution >= 4 is 44.7 Å². The molecule has 0 fully saturated rings. The van der Waals surface area contributed by atoms with Crippen LogP contribution < -0.4 is 5.32 Å². The van der Waals surface area contributed by atoms with Crippen LogP contribution in [0.5, 0.6) is 0 Å². The van der Waals surface area contributed by atoms with Crippen molar-refractivity contribution in [2.75, 3.05) is 5.32 Å². The van der Waals surface area contributed by atoms with E-state index in [2.05, 4.69) is 41.3 Å². The quantitative estimate of drug-likeness (QED) is 0.695. The molecule has 1 N–H and O–H groups in total. The lowest BCUT2D eigenvalue weighted by atomic mass is 10.2. The van der Waals surface area contributed by atoms with E-state index in [0.29, 0.717) is 0 Å². The highest BCUT2D eigenvalue weighted by molar-refractivity contribution is 7.18. The van der Waals surface area contributed by atoms with Crippen molar-refractivity contribution in [2.24, 2.45) is 0 Å². The van der Waals surface area contributed by atoms with Crippen molar-refractivity contribution in [1.29, 1.82) is 0 Å². The van der Waals surface area contributed by atoms with Gasteiger partial charge >= 0.3 is 0 Å². The number of aryl methyl sites for hydroxylation is 2. The molecule has 0 aliphatic carbocycles. The molecule has 0 amide bonds. The van der Waals surface area contributed by atoms with E-state index in [9.17, 15) is 0 Å². The molecule has 2 aromatic heterocycles. The highest BCUT2D eigenvalue weighted by Crippen LogP contribution is 2.31. The smallest absolute Gasteiger partial charge is 0.225 e.